The number of methoxy groups -OCH3 is 1. The molecule has 1 N–H and O–H groups in total. The van der Waals surface area contributed by atoms with E-state index in [1.807, 2.05) is 12.1 Å². The summed E-state index contributed by atoms with van der Waals surface area (Å²) >= 11 is 0. The Labute approximate surface area is 184 Å². The quantitative estimate of drug-likeness (QED) is 0.535. The summed E-state index contributed by atoms with van der Waals surface area (Å²) in [5.74, 6) is 0.164. The zero-order chi connectivity index (χ0) is 21.8. The maximum Gasteiger partial charge on any atom is 0.263 e. The van der Waals surface area contributed by atoms with Gasteiger partial charge in [-0.15, -0.1) is 0 Å². The molecule has 1 aromatic carbocycles. The third-order valence-corrected chi connectivity index (χ3v) is 6.95. The lowest BCUT2D eigenvalue weighted by Crippen LogP contribution is -2.41. The van der Waals surface area contributed by atoms with Gasteiger partial charge in [0.15, 0.2) is 0 Å². The number of nitrogens with zero attached hydrogens (tertiary/aromatic N) is 2. The molecule has 0 atom stereocenters. The predicted molar refractivity (Wildman–Crippen MR) is 118 cm³/mol. The van der Waals surface area contributed by atoms with Crippen molar-refractivity contribution in [2.75, 3.05) is 44.8 Å². The van der Waals surface area contributed by atoms with Crippen LogP contribution in [0.3, 0.4) is 0 Å². The Bertz CT molecular complexity index is 826. The van der Waals surface area contributed by atoms with E-state index in [-0.39, 0.29) is 23.6 Å². The molecule has 4 rings (SSSR count). The first kappa shape index (κ1) is 21.8. The highest BCUT2D eigenvalue weighted by molar-refractivity contribution is 6.23. The molecule has 31 heavy (non-hydrogen) atoms. The number of hydrogen-bond donors (Lipinski definition) is 1. The maximum atomic E-state index is 13.3. The number of carbonyl (C=O) groups is 3. The number of imide groups is 1. The van der Waals surface area contributed by atoms with Crippen LogP contribution in [-0.2, 0) is 9.53 Å². The lowest BCUT2D eigenvalue weighted by Gasteiger charge is -2.34. The van der Waals surface area contributed by atoms with Crippen LogP contribution in [0.1, 0.15) is 65.7 Å². The highest BCUT2D eigenvalue weighted by Gasteiger charge is 2.40. The van der Waals surface area contributed by atoms with Crippen LogP contribution in [-0.4, -0.2) is 62.5 Å². The minimum Gasteiger partial charge on any atom is -0.383 e. The number of anilines is 1. The zero-order valence-electron chi connectivity index (χ0n) is 18.4. The summed E-state index contributed by atoms with van der Waals surface area (Å²) in [5.41, 5.74) is 1.91. The van der Waals surface area contributed by atoms with E-state index in [4.69, 9.17) is 4.74 Å². The van der Waals surface area contributed by atoms with E-state index in [0.29, 0.717) is 49.8 Å². The Morgan fingerprint density at radius 2 is 1.81 bits per heavy atom. The van der Waals surface area contributed by atoms with Gasteiger partial charge in [-0.2, -0.15) is 0 Å². The molecule has 1 saturated heterocycles. The second-order valence-electron chi connectivity index (χ2n) is 8.97. The van der Waals surface area contributed by atoms with E-state index < -0.39 is 0 Å². The number of ether oxygens (including phenoxy) is 1. The molecular formula is C24H33N3O4. The van der Waals surface area contributed by atoms with Gasteiger partial charge in [0.2, 0.25) is 5.91 Å². The molecule has 7 nitrogen and oxygen atoms in total. The molecule has 168 valence electrons. The van der Waals surface area contributed by atoms with Crippen LogP contribution in [0.25, 0.3) is 0 Å². The summed E-state index contributed by atoms with van der Waals surface area (Å²) in [7, 11) is 1.62. The first-order chi connectivity index (χ1) is 15.1. The highest BCUT2D eigenvalue weighted by atomic mass is 16.5. The SMILES string of the molecule is COCCNC(=O)C1CCN(c2cccc3c2C(=O)N(CC2CCCCC2)C3=O)CC1. The number of carbonyl (C=O) groups excluding carboxylic acids is 3. The van der Waals surface area contributed by atoms with Crippen LogP contribution < -0.4 is 10.2 Å². The molecule has 7 heteroatoms. The van der Waals surface area contributed by atoms with Crippen LogP contribution in [0.5, 0.6) is 0 Å². The van der Waals surface area contributed by atoms with Gasteiger partial charge in [-0.25, -0.2) is 0 Å². The molecule has 3 amide bonds. The second kappa shape index (κ2) is 9.81. The molecule has 0 bridgehead atoms. The van der Waals surface area contributed by atoms with Crippen molar-refractivity contribution in [2.24, 2.45) is 11.8 Å². The van der Waals surface area contributed by atoms with E-state index in [9.17, 15) is 14.4 Å². The highest BCUT2D eigenvalue weighted by Crippen LogP contribution is 2.35. The second-order valence-corrected chi connectivity index (χ2v) is 8.97. The number of benzene rings is 1. The number of hydrogen-bond acceptors (Lipinski definition) is 5. The number of fused-ring (bicyclic) bond motifs is 1. The Balaban J connectivity index is 1.43. The average molecular weight is 428 g/mol. The fraction of sp³-hybridized carbons (Fsp3) is 0.625. The fourth-order valence-corrected chi connectivity index (χ4v) is 5.18. The summed E-state index contributed by atoms with van der Waals surface area (Å²) < 4.78 is 4.99. The van der Waals surface area contributed by atoms with Gasteiger partial charge >= 0.3 is 0 Å². The van der Waals surface area contributed by atoms with Crippen LogP contribution in [0.4, 0.5) is 5.69 Å². The smallest absolute Gasteiger partial charge is 0.263 e. The van der Waals surface area contributed by atoms with Gasteiger partial charge in [-0.1, -0.05) is 25.3 Å². The molecule has 2 fully saturated rings. The Kier molecular flexibility index (Phi) is 6.90. The van der Waals surface area contributed by atoms with Crippen molar-refractivity contribution in [3.63, 3.8) is 0 Å². The minimum absolute atomic E-state index is 0.0231. The number of piperidine rings is 1. The van der Waals surface area contributed by atoms with E-state index in [1.165, 1.54) is 24.2 Å². The van der Waals surface area contributed by atoms with Gasteiger partial charge in [0, 0.05) is 39.2 Å². The first-order valence-corrected chi connectivity index (χ1v) is 11.6. The van der Waals surface area contributed by atoms with E-state index in [1.54, 1.807) is 13.2 Å². The molecule has 0 spiro atoms. The summed E-state index contributed by atoms with van der Waals surface area (Å²) in [6.07, 6.45) is 7.29. The lowest BCUT2D eigenvalue weighted by atomic mass is 9.89. The molecule has 1 saturated carbocycles. The van der Waals surface area contributed by atoms with Crippen molar-refractivity contribution >= 4 is 23.4 Å². The first-order valence-electron chi connectivity index (χ1n) is 11.6. The largest absolute Gasteiger partial charge is 0.383 e. The number of amides is 3. The van der Waals surface area contributed by atoms with Gasteiger partial charge < -0.3 is 15.0 Å². The van der Waals surface area contributed by atoms with Crippen LogP contribution in [0.15, 0.2) is 18.2 Å². The summed E-state index contributed by atoms with van der Waals surface area (Å²) in [6.45, 7) is 2.96. The molecule has 2 aliphatic heterocycles. The average Bonchev–Trinajstić information content (AvgIpc) is 3.05. The Morgan fingerprint density at radius 1 is 1.06 bits per heavy atom. The molecular weight excluding hydrogens is 394 g/mol. The molecule has 0 unspecified atom stereocenters. The van der Waals surface area contributed by atoms with Crippen LogP contribution in [0, 0.1) is 11.8 Å². The van der Waals surface area contributed by atoms with Crippen molar-refractivity contribution < 1.29 is 19.1 Å². The van der Waals surface area contributed by atoms with Gasteiger partial charge in [0.05, 0.1) is 23.4 Å². The monoisotopic (exact) mass is 427 g/mol. The summed E-state index contributed by atoms with van der Waals surface area (Å²) in [6, 6.07) is 5.58. The third kappa shape index (κ3) is 4.61. The lowest BCUT2D eigenvalue weighted by molar-refractivity contribution is -0.125. The Morgan fingerprint density at radius 3 is 2.52 bits per heavy atom. The van der Waals surface area contributed by atoms with Gasteiger partial charge in [0.25, 0.3) is 11.8 Å². The van der Waals surface area contributed by atoms with Gasteiger partial charge in [0.1, 0.15) is 0 Å². The van der Waals surface area contributed by atoms with E-state index in [0.717, 1.165) is 31.4 Å². The topological polar surface area (TPSA) is 79.0 Å². The molecule has 1 aromatic rings. The number of nitrogens with one attached hydrogen (secondary N) is 1. The van der Waals surface area contributed by atoms with Crippen LogP contribution >= 0.6 is 0 Å². The zero-order valence-corrected chi connectivity index (χ0v) is 18.4. The molecule has 0 aromatic heterocycles. The third-order valence-electron chi connectivity index (χ3n) is 6.95. The Hall–Kier alpha value is -2.41. The summed E-state index contributed by atoms with van der Waals surface area (Å²) in [5, 5.41) is 2.92. The van der Waals surface area contributed by atoms with Crippen molar-refractivity contribution in [2.45, 2.75) is 44.9 Å². The van der Waals surface area contributed by atoms with Crippen molar-refractivity contribution in [3.05, 3.63) is 29.3 Å². The minimum atomic E-state index is -0.153. The van der Waals surface area contributed by atoms with E-state index >= 15 is 0 Å². The molecule has 2 heterocycles. The number of rotatable bonds is 7. The fourth-order valence-electron chi connectivity index (χ4n) is 5.18. The molecule has 1 aliphatic carbocycles. The molecule has 0 radical (unpaired) electrons. The predicted octanol–water partition coefficient (Wildman–Crippen LogP) is 2.84. The van der Waals surface area contributed by atoms with Crippen LogP contribution in [0.2, 0.25) is 0 Å². The van der Waals surface area contributed by atoms with Crippen molar-refractivity contribution in [3.8, 4) is 0 Å². The standard InChI is InChI=1S/C24H33N3O4/c1-31-15-12-25-22(28)18-10-13-26(14-11-18)20-9-5-8-19-21(20)24(30)27(23(19)29)16-17-6-3-2-4-7-17/h5,8-9,17-18H,2-4,6-7,10-16H2,1H3,(H,25,28). The normalized spacial score (nSPS) is 20.3. The summed E-state index contributed by atoms with van der Waals surface area (Å²) in [4.78, 5) is 42.2. The van der Waals surface area contributed by atoms with Gasteiger partial charge in [-0.3, -0.25) is 19.3 Å². The van der Waals surface area contributed by atoms with E-state index in [2.05, 4.69) is 10.2 Å². The van der Waals surface area contributed by atoms with Crippen molar-refractivity contribution in [1.82, 2.24) is 10.2 Å². The van der Waals surface area contributed by atoms with Gasteiger partial charge in [-0.05, 0) is 43.7 Å². The van der Waals surface area contributed by atoms with Crippen molar-refractivity contribution in [1.29, 1.82) is 0 Å². The maximum absolute atomic E-state index is 13.3. The molecule has 3 aliphatic rings.